The van der Waals surface area contributed by atoms with Crippen molar-refractivity contribution in [2.75, 3.05) is 36.2 Å². The molecule has 0 aromatic heterocycles. The van der Waals surface area contributed by atoms with Crippen molar-refractivity contribution in [3.63, 3.8) is 0 Å². The molecule has 3 aliphatic rings. The quantitative estimate of drug-likeness (QED) is 0.362. The van der Waals surface area contributed by atoms with Gasteiger partial charge in [0.05, 0.1) is 5.88 Å². The van der Waals surface area contributed by atoms with Crippen molar-refractivity contribution >= 4 is 47.0 Å². The minimum Gasteiger partial charge on any atom is -0.351 e. The van der Waals surface area contributed by atoms with E-state index in [0.29, 0.717) is 23.3 Å². The molecule has 0 unspecified atom stereocenters. The number of rotatable bonds is 11. The van der Waals surface area contributed by atoms with E-state index in [1.165, 1.54) is 54.3 Å². The van der Waals surface area contributed by atoms with Crippen LogP contribution < -0.4 is 10.6 Å². The second-order valence-corrected chi connectivity index (χ2v) is 15.1. The zero-order valence-corrected chi connectivity index (χ0v) is 27.1. The maximum Gasteiger partial charge on any atom is 0.291 e. The summed E-state index contributed by atoms with van der Waals surface area (Å²) < 4.78 is 0. The molecule has 10 heteroatoms. The van der Waals surface area contributed by atoms with Crippen molar-refractivity contribution in [3.05, 3.63) is 35.9 Å². The number of hydrogen-bond acceptors (Lipinski definition) is 7. The monoisotopic (exact) mass is 616 g/mol. The smallest absolute Gasteiger partial charge is 0.291 e. The SMILES string of the molecule is CC(C)(C)C(=O)C(=O)N1CSC[C@H]1C(=O)N[C@@H](CSCC1CCCCC1)C(=O)NC1CCN(Cc2ccccc2)CC1. The average molecular weight is 617 g/mol. The lowest BCUT2D eigenvalue weighted by Crippen LogP contribution is -2.57. The standard InChI is InChI=1S/C32H48N4O4S2/c1-32(2,3)28(37)31(40)36-22-42-21-27(36)30(39)34-26(20-41-19-24-12-8-5-9-13-24)29(38)33-25-14-16-35(17-15-25)18-23-10-6-4-7-11-23/h4,6-7,10-11,24-27H,5,8-9,12-22H2,1-3H3,(H,33,38)(H,34,39)/t26-,27-/m0/s1. The van der Waals surface area contributed by atoms with E-state index in [-0.39, 0.29) is 17.9 Å². The number of nitrogens with zero attached hydrogens (tertiary/aromatic N) is 2. The third-order valence-corrected chi connectivity index (χ3v) is 10.8. The number of likely N-dealkylation sites (tertiary alicyclic amines) is 1. The molecule has 1 aromatic carbocycles. The van der Waals surface area contributed by atoms with Crippen LogP contribution in [0.15, 0.2) is 30.3 Å². The highest BCUT2D eigenvalue weighted by molar-refractivity contribution is 7.99. The van der Waals surface area contributed by atoms with Crippen molar-refractivity contribution in [1.82, 2.24) is 20.4 Å². The van der Waals surface area contributed by atoms with Crippen LogP contribution in [0.5, 0.6) is 0 Å². The summed E-state index contributed by atoms with van der Waals surface area (Å²) in [5.74, 6) is 1.23. The normalized spacial score (nSPS) is 21.6. The number of amides is 3. The molecule has 8 nitrogen and oxygen atoms in total. The molecule has 2 atom stereocenters. The molecule has 3 amide bonds. The van der Waals surface area contributed by atoms with Gasteiger partial charge in [-0.1, -0.05) is 70.4 Å². The van der Waals surface area contributed by atoms with Crippen LogP contribution in [-0.4, -0.2) is 87.7 Å². The third kappa shape index (κ3) is 9.48. The second kappa shape index (κ2) is 15.6. The molecule has 1 aliphatic carbocycles. The van der Waals surface area contributed by atoms with Gasteiger partial charge >= 0.3 is 0 Å². The molecule has 0 bridgehead atoms. The minimum absolute atomic E-state index is 0.0665. The molecule has 232 valence electrons. The van der Waals surface area contributed by atoms with Crippen LogP contribution in [0.1, 0.15) is 71.3 Å². The van der Waals surface area contributed by atoms with Crippen molar-refractivity contribution < 1.29 is 19.2 Å². The predicted molar refractivity (Wildman–Crippen MR) is 171 cm³/mol. The van der Waals surface area contributed by atoms with Gasteiger partial charge in [0.15, 0.2) is 0 Å². The van der Waals surface area contributed by atoms with E-state index in [1.807, 2.05) is 6.07 Å². The van der Waals surface area contributed by atoms with Crippen LogP contribution in [0, 0.1) is 11.3 Å². The molecule has 1 aromatic rings. The Morgan fingerprint density at radius 1 is 1.00 bits per heavy atom. The first-order chi connectivity index (χ1) is 20.1. The Morgan fingerprint density at radius 2 is 1.69 bits per heavy atom. The summed E-state index contributed by atoms with van der Waals surface area (Å²) in [6.07, 6.45) is 8.04. The summed E-state index contributed by atoms with van der Waals surface area (Å²) in [6.45, 7) is 7.85. The number of hydrogen-bond donors (Lipinski definition) is 2. The maximum atomic E-state index is 13.6. The van der Waals surface area contributed by atoms with Gasteiger partial charge in [0.2, 0.25) is 17.6 Å². The summed E-state index contributed by atoms with van der Waals surface area (Å²) >= 11 is 3.19. The lowest BCUT2D eigenvalue weighted by Gasteiger charge is -2.33. The number of nitrogens with one attached hydrogen (secondary N) is 2. The number of thioether (sulfide) groups is 2. The number of carbonyl (C=O) groups excluding carboxylic acids is 4. The highest BCUT2D eigenvalue weighted by atomic mass is 32.2. The van der Waals surface area contributed by atoms with Gasteiger partial charge in [-0.15, -0.1) is 11.8 Å². The van der Waals surface area contributed by atoms with Gasteiger partial charge in [0, 0.05) is 42.6 Å². The van der Waals surface area contributed by atoms with Crippen LogP contribution in [0.3, 0.4) is 0 Å². The Kier molecular flexibility index (Phi) is 12.2. The van der Waals surface area contributed by atoms with E-state index in [1.54, 1.807) is 32.5 Å². The summed E-state index contributed by atoms with van der Waals surface area (Å²) in [5, 5.41) is 6.22. The Hall–Kier alpha value is -2.04. The fourth-order valence-electron chi connectivity index (χ4n) is 5.85. The molecule has 2 heterocycles. The van der Waals surface area contributed by atoms with Gasteiger partial charge in [-0.25, -0.2) is 0 Å². The number of piperidine rings is 1. The number of benzene rings is 1. The van der Waals surface area contributed by atoms with Crippen LogP contribution >= 0.6 is 23.5 Å². The molecule has 0 spiro atoms. The van der Waals surface area contributed by atoms with Gasteiger partial charge in [0.1, 0.15) is 12.1 Å². The predicted octanol–water partition coefficient (Wildman–Crippen LogP) is 4.08. The molecule has 2 aliphatic heterocycles. The lowest BCUT2D eigenvalue weighted by molar-refractivity contribution is -0.150. The zero-order chi connectivity index (χ0) is 30.1. The van der Waals surface area contributed by atoms with E-state index >= 15 is 0 Å². The summed E-state index contributed by atoms with van der Waals surface area (Å²) in [6, 6.07) is 9.06. The van der Waals surface area contributed by atoms with Crippen LogP contribution in [0.4, 0.5) is 0 Å². The topological polar surface area (TPSA) is 98.8 Å². The highest BCUT2D eigenvalue weighted by Gasteiger charge is 2.41. The van der Waals surface area contributed by atoms with Crippen molar-refractivity contribution in [3.8, 4) is 0 Å². The number of carbonyl (C=O) groups is 4. The van der Waals surface area contributed by atoms with Crippen molar-refractivity contribution in [1.29, 1.82) is 0 Å². The second-order valence-electron chi connectivity index (χ2n) is 13.0. The van der Waals surface area contributed by atoms with E-state index < -0.39 is 29.2 Å². The first-order valence-electron chi connectivity index (χ1n) is 15.5. The molecule has 0 radical (unpaired) electrons. The summed E-state index contributed by atoms with van der Waals surface area (Å²) in [4.78, 5) is 56.5. The summed E-state index contributed by atoms with van der Waals surface area (Å²) in [7, 11) is 0. The van der Waals surface area contributed by atoms with Gasteiger partial charge in [-0.3, -0.25) is 24.1 Å². The van der Waals surface area contributed by atoms with Gasteiger partial charge in [-0.2, -0.15) is 11.8 Å². The Bertz CT molecular complexity index is 1070. The molecule has 42 heavy (non-hydrogen) atoms. The van der Waals surface area contributed by atoms with Gasteiger partial charge < -0.3 is 15.5 Å². The average Bonchev–Trinajstić information content (AvgIpc) is 3.48. The Labute approximate surface area is 259 Å². The lowest BCUT2D eigenvalue weighted by atomic mass is 9.90. The molecule has 2 saturated heterocycles. The Balaban J connectivity index is 1.34. The maximum absolute atomic E-state index is 13.6. The third-order valence-electron chi connectivity index (χ3n) is 8.50. The van der Waals surface area contributed by atoms with Crippen LogP contribution in [-0.2, 0) is 25.7 Å². The van der Waals surface area contributed by atoms with Crippen molar-refractivity contribution in [2.45, 2.75) is 90.4 Å². The first kappa shape index (κ1) is 32.9. The van der Waals surface area contributed by atoms with Gasteiger partial charge in [0.25, 0.3) is 5.91 Å². The highest BCUT2D eigenvalue weighted by Crippen LogP contribution is 2.28. The largest absolute Gasteiger partial charge is 0.351 e. The zero-order valence-electron chi connectivity index (χ0n) is 25.4. The number of ketones is 1. The number of Topliss-reactive ketones (excluding diaryl/α,β-unsaturated/α-hetero) is 1. The fourth-order valence-corrected chi connectivity index (χ4v) is 8.27. The van der Waals surface area contributed by atoms with E-state index in [4.69, 9.17) is 0 Å². The summed E-state index contributed by atoms with van der Waals surface area (Å²) in [5.41, 5.74) is 0.472. The van der Waals surface area contributed by atoms with Crippen LogP contribution in [0.25, 0.3) is 0 Å². The van der Waals surface area contributed by atoms with Crippen LogP contribution in [0.2, 0.25) is 0 Å². The first-order valence-corrected chi connectivity index (χ1v) is 17.8. The molecular formula is C32H48N4O4S2. The van der Waals surface area contributed by atoms with Gasteiger partial charge in [-0.05, 0) is 42.9 Å². The van der Waals surface area contributed by atoms with E-state index in [9.17, 15) is 19.2 Å². The van der Waals surface area contributed by atoms with E-state index in [2.05, 4.69) is 39.8 Å². The molecule has 4 rings (SSSR count). The molecular weight excluding hydrogens is 569 g/mol. The molecule has 2 N–H and O–H groups in total. The minimum atomic E-state index is -0.819. The molecule has 3 fully saturated rings. The Morgan fingerprint density at radius 3 is 2.36 bits per heavy atom. The van der Waals surface area contributed by atoms with E-state index in [0.717, 1.165) is 38.2 Å². The van der Waals surface area contributed by atoms with Crippen molar-refractivity contribution in [2.24, 2.45) is 11.3 Å². The fraction of sp³-hybridized carbons (Fsp3) is 0.688. The molecule has 1 saturated carbocycles.